The fourth-order valence-corrected chi connectivity index (χ4v) is 2.39. The molecule has 1 aromatic carbocycles. The molecule has 0 unspecified atom stereocenters. The largest absolute Gasteiger partial charge is 0.396 e. The number of nitriles is 1. The van der Waals surface area contributed by atoms with Crippen molar-refractivity contribution in [3.05, 3.63) is 29.8 Å². The molecule has 17 heavy (non-hydrogen) atoms. The van der Waals surface area contributed by atoms with E-state index >= 15 is 0 Å². The Morgan fingerprint density at radius 2 is 2.18 bits per heavy atom. The van der Waals surface area contributed by atoms with E-state index in [4.69, 9.17) is 10.4 Å². The van der Waals surface area contributed by atoms with Crippen molar-refractivity contribution < 1.29 is 13.5 Å². The fraction of sp³-hybridized carbons (Fsp3) is 0.364. The molecule has 0 atom stereocenters. The van der Waals surface area contributed by atoms with Crippen molar-refractivity contribution in [1.82, 2.24) is 0 Å². The number of aliphatic hydroxyl groups is 1. The average molecular weight is 254 g/mol. The molecule has 0 aliphatic heterocycles. The highest BCUT2D eigenvalue weighted by Crippen LogP contribution is 2.19. The lowest BCUT2D eigenvalue weighted by atomic mass is 10.2. The molecule has 0 bridgehead atoms. The molecule has 5 nitrogen and oxygen atoms in total. The molecule has 1 N–H and O–H groups in total. The maximum Gasteiger partial charge on any atom is 0.232 e. The number of benzene rings is 1. The highest BCUT2D eigenvalue weighted by molar-refractivity contribution is 7.92. The van der Waals surface area contributed by atoms with Gasteiger partial charge in [0.1, 0.15) is 0 Å². The summed E-state index contributed by atoms with van der Waals surface area (Å²) in [6.45, 7) is 0.119. The van der Waals surface area contributed by atoms with Crippen LogP contribution in [-0.4, -0.2) is 32.9 Å². The third-order valence-electron chi connectivity index (χ3n) is 2.18. The summed E-state index contributed by atoms with van der Waals surface area (Å²) < 4.78 is 24.4. The fourth-order valence-electron chi connectivity index (χ4n) is 1.43. The highest BCUT2D eigenvalue weighted by atomic mass is 32.2. The van der Waals surface area contributed by atoms with Gasteiger partial charge in [-0.1, -0.05) is 6.07 Å². The topological polar surface area (TPSA) is 81.4 Å². The normalized spacial score (nSPS) is 10.9. The first-order valence-electron chi connectivity index (χ1n) is 5.08. The molecule has 6 heteroatoms. The van der Waals surface area contributed by atoms with Crippen LogP contribution in [0.4, 0.5) is 5.69 Å². The van der Waals surface area contributed by atoms with Crippen molar-refractivity contribution in [2.45, 2.75) is 6.42 Å². The number of nitrogens with zero attached hydrogens (tertiary/aromatic N) is 2. The van der Waals surface area contributed by atoms with Gasteiger partial charge in [0.2, 0.25) is 10.0 Å². The van der Waals surface area contributed by atoms with Gasteiger partial charge < -0.3 is 5.11 Å². The Balaban J connectivity index is 3.09. The second kappa shape index (κ2) is 5.66. The second-order valence-corrected chi connectivity index (χ2v) is 5.48. The molecule has 92 valence electrons. The van der Waals surface area contributed by atoms with Gasteiger partial charge in [-0.05, 0) is 24.6 Å². The van der Waals surface area contributed by atoms with Crippen LogP contribution in [0.25, 0.3) is 0 Å². The van der Waals surface area contributed by atoms with Crippen molar-refractivity contribution in [3.63, 3.8) is 0 Å². The van der Waals surface area contributed by atoms with E-state index < -0.39 is 10.0 Å². The summed E-state index contributed by atoms with van der Waals surface area (Å²) in [7, 11) is -3.40. The first-order chi connectivity index (χ1) is 7.99. The van der Waals surface area contributed by atoms with E-state index in [1.807, 2.05) is 6.07 Å². The lowest BCUT2D eigenvalue weighted by Gasteiger charge is -2.22. The molecule has 0 heterocycles. The van der Waals surface area contributed by atoms with Crippen LogP contribution in [0, 0.1) is 11.3 Å². The number of aliphatic hydroxyl groups excluding tert-OH is 1. The summed E-state index contributed by atoms with van der Waals surface area (Å²) >= 11 is 0. The summed E-state index contributed by atoms with van der Waals surface area (Å²) in [4.78, 5) is 0. The Kier molecular flexibility index (Phi) is 4.49. The Bertz CT molecular complexity index is 520. The molecule has 0 saturated heterocycles. The van der Waals surface area contributed by atoms with Crippen molar-refractivity contribution in [3.8, 4) is 6.07 Å². The maximum atomic E-state index is 11.6. The molecule has 0 aromatic heterocycles. The van der Waals surface area contributed by atoms with Crippen LogP contribution < -0.4 is 4.31 Å². The SMILES string of the molecule is CS(=O)(=O)N(CCCO)c1cccc(C#N)c1. The van der Waals surface area contributed by atoms with E-state index in [0.29, 0.717) is 17.7 Å². The van der Waals surface area contributed by atoms with Gasteiger partial charge in [-0.15, -0.1) is 0 Å². The third-order valence-corrected chi connectivity index (χ3v) is 3.38. The minimum Gasteiger partial charge on any atom is -0.396 e. The zero-order valence-corrected chi connectivity index (χ0v) is 10.3. The van der Waals surface area contributed by atoms with Gasteiger partial charge in [-0.2, -0.15) is 5.26 Å². The lowest BCUT2D eigenvalue weighted by Crippen LogP contribution is -2.31. The Hall–Kier alpha value is -1.58. The van der Waals surface area contributed by atoms with Gasteiger partial charge in [0.05, 0.1) is 23.6 Å². The monoisotopic (exact) mass is 254 g/mol. The predicted molar refractivity (Wildman–Crippen MR) is 65.0 cm³/mol. The van der Waals surface area contributed by atoms with E-state index in [1.54, 1.807) is 18.2 Å². The van der Waals surface area contributed by atoms with E-state index in [0.717, 1.165) is 6.26 Å². The third kappa shape index (κ3) is 3.73. The van der Waals surface area contributed by atoms with E-state index in [2.05, 4.69) is 0 Å². The van der Waals surface area contributed by atoms with Crippen LogP contribution in [0.1, 0.15) is 12.0 Å². The average Bonchev–Trinajstić information content (AvgIpc) is 2.28. The van der Waals surface area contributed by atoms with E-state index in [1.165, 1.54) is 10.4 Å². The standard InChI is InChI=1S/C11H14N2O3S/c1-17(15,16)13(6-3-7-14)11-5-2-4-10(8-11)9-12/h2,4-5,8,14H,3,6-7H2,1H3. The van der Waals surface area contributed by atoms with Crippen LogP contribution in [0.3, 0.4) is 0 Å². The Morgan fingerprint density at radius 3 is 2.71 bits per heavy atom. The Morgan fingerprint density at radius 1 is 1.47 bits per heavy atom. The molecule has 0 radical (unpaired) electrons. The lowest BCUT2D eigenvalue weighted by molar-refractivity contribution is 0.291. The second-order valence-electron chi connectivity index (χ2n) is 3.57. The summed E-state index contributed by atoms with van der Waals surface area (Å²) in [6, 6.07) is 8.33. The molecule has 0 spiro atoms. The minimum absolute atomic E-state index is 0.0794. The van der Waals surface area contributed by atoms with E-state index in [-0.39, 0.29) is 13.2 Å². The minimum atomic E-state index is -3.40. The van der Waals surface area contributed by atoms with Gasteiger partial charge in [-0.3, -0.25) is 4.31 Å². The highest BCUT2D eigenvalue weighted by Gasteiger charge is 2.16. The molecule has 1 aromatic rings. The predicted octanol–water partition coefficient (Wildman–Crippen LogP) is 0.707. The van der Waals surface area contributed by atoms with E-state index in [9.17, 15) is 8.42 Å². The molecule has 0 amide bonds. The van der Waals surface area contributed by atoms with Gasteiger partial charge >= 0.3 is 0 Å². The smallest absolute Gasteiger partial charge is 0.232 e. The number of hydrogen-bond donors (Lipinski definition) is 1. The van der Waals surface area contributed by atoms with Crippen molar-refractivity contribution in [2.24, 2.45) is 0 Å². The maximum absolute atomic E-state index is 11.6. The first kappa shape index (κ1) is 13.5. The summed E-state index contributed by atoms with van der Waals surface area (Å²) in [5.41, 5.74) is 0.847. The molecule has 0 aliphatic rings. The molecule has 0 aliphatic carbocycles. The van der Waals surface area contributed by atoms with Crippen LogP contribution in [-0.2, 0) is 10.0 Å². The zero-order valence-electron chi connectivity index (χ0n) is 9.50. The molecule has 1 rings (SSSR count). The van der Waals surface area contributed by atoms with Crippen LogP contribution >= 0.6 is 0 Å². The molecular weight excluding hydrogens is 240 g/mol. The number of rotatable bonds is 5. The zero-order chi connectivity index (χ0) is 12.9. The van der Waals surface area contributed by atoms with Crippen LogP contribution in [0.5, 0.6) is 0 Å². The van der Waals surface area contributed by atoms with Crippen molar-refractivity contribution in [2.75, 3.05) is 23.7 Å². The van der Waals surface area contributed by atoms with Crippen LogP contribution in [0.2, 0.25) is 0 Å². The Labute approximate surface area is 101 Å². The quantitative estimate of drug-likeness (QED) is 0.839. The van der Waals surface area contributed by atoms with Crippen molar-refractivity contribution >= 4 is 15.7 Å². The summed E-state index contributed by atoms with van der Waals surface area (Å²) in [6.07, 6.45) is 1.45. The summed E-state index contributed by atoms with van der Waals surface area (Å²) in [5, 5.41) is 17.5. The molecular formula is C11H14N2O3S. The van der Waals surface area contributed by atoms with Gasteiger partial charge in [0.25, 0.3) is 0 Å². The number of anilines is 1. The molecule has 0 fully saturated rings. The van der Waals surface area contributed by atoms with Crippen molar-refractivity contribution in [1.29, 1.82) is 5.26 Å². The van der Waals surface area contributed by atoms with Crippen LogP contribution in [0.15, 0.2) is 24.3 Å². The van der Waals surface area contributed by atoms with Gasteiger partial charge in [0, 0.05) is 13.2 Å². The number of hydrogen-bond acceptors (Lipinski definition) is 4. The first-order valence-corrected chi connectivity index (χ1v) is 6.92. The van der Waals surface area contributed by atoms with Gasteiger partial charge in [-0.25, -0.2) is 8.42 Å². The number of sulfonamides is 1. The van der Waals surface area contributed by atoms with Gasteiger partial charge in [0.15, 0.2) is 0 Å². The molecule has 0 saturated carbocycles. The summed E-state index contributed by atoms with van der Waals surface area (Å²) in [5.74, 6) is 0.